The molecule has 0 saturated heterocycles. The maximum Gasteiger partial charge on any atom is 0.105 e. The number of rotatable bonds is 8. The van der Waals surface area contributed by atoms with Gasteiger partial charge in [0.05, 0.1) is 0 Å². The summed E-state index contributed by atoms with van der Waals surface area (Å²) in [5.41, 5.74) is 1.33. The first-order valence-corrected chi connectivity index (χ1v) is 6.93. The molecule has 0 aliphatic heterocycles. The van der Waals surface area contributed by atoms with Gasteiger partial charge < -0.3 is 9.73 Å². The summed E-state index contributed by atoms with van der Waals surface area (Å²) in [5, 5.41) is 3.40. The van der Waals surface area contributed by atoms with E-state index in [-0.39, 0.29) is 0 Å². The molecule has 2 heteroatoms. The number of hydrogen-bond acceptors (Lipinski definition) is 2. The predicted molar refractivity (Wildman–Crippen MR) is 73.4 cm³/mol. The van der Waals surface area contributed by atoms with E-state index in [9.17, 15) is 0 Å². The molecule has 0 aromatic carbocycles. The average molecular weight is 237 g/mol. The Hall–Kier alpha value is -0.760. The van der Waals surface area contributed by atoms with Crippen LogP contribution in [0.4, 0.5) is 0 Å². The Kier molecular flexibility index (Phi) is 6.35. The van der Waals surface area contributed by atoms with Crippen molar-refractivity contribution in [3.8, 4) is 0 Å². The summed E-state index contributed by atoms with van der Waals surface area (Å²) in [6, 6.07) is 2.62. The quantitative estimate of drug-likeness (QED) is 0.673. The molecule has 1 heterocycles. The molecule has 98 valence electrons. The molecule has 1 aromatic rings. The molecule has 0 radical (unpaired) electrons. The molecule has 0 aliphatic carbocycles. The van der Waals surface area contributed by atoms with Gasteiger partial charge in [0.25, 0.3) is 0 Å². The zero-order chi connectivity index (χ0) is 12.7. The zero-order valence-corrected chi connectivity index (χ0v) is 11.8. The van der Waals surface area contributed by atoms with Crippen molar-refractivity contribution in [2.45, 2.75) is 65.3 Å². The van der Waals surface area contributed by atoms with Crippen LogP contribution in [0.15, 0.2) is 10.5 Å². The maximum absolute atomic E-state index is 5.60. The Morgan fingerprint density at radius 2 is 1.88 bits per heavy atom. The Labute approximate surface area is 106 Å². The molecule has 1 unspecified atom stereocenters. The highest BCUT2D eigenvalue weighted by Gasteiger charge is 2.14. The first kappa shape index (κ1) is 14.3. The fraction of sp³-hybridized carbons (Fsp3) is 0.733. The minimum absolute atomic E-state index is 0.453. The van der Waals surface area contributed by atoms with E-state index in [1.807, 2.05) is 14.0 Å². The summed E-state index contributed by atoms with van der Waals surface area (Å²) in [5.74, 6) is 2.08. The molecule has 0 spiro atoms. The van der Waals surface area contributed by atoms with Gasteiger partial charge in [0.15, 0.2) is 0 Å². The highest BCUT2D eigenvalue weighted by Crippen LogP contribution is 2.25. The highest BCUT2D eigenvalue weighted by atomic mass is 16.3. The lowest BCUT2D eigenvalue weighted by molar-refractivity contribution is 0.471. The second-order valence-electron chi connectivity index (χ2n) is 4.91. The van der Waals surface area contributed by atoms with E-state index in [2.05, 4.69) is 25.2 Å². The lowest BCUT2D eigenvalue weighted by atomic mass is 10.00. The van der Waals surface area contributed by atoms with Crippen molar-refractivity contribution in [1.29, 1.82) is 0 Å². The Morgan fingerprint density at radius 3 is 2.41 bits per heavy atom. The topological polar surface area (TPSA) is 25.2 Å². The van der Waals surface area contributed by atoms with Crippen molar-refractivity contribution in [2.24, 2.45) is 0 Å². The van der Waals surface area contributed by atoms with Gasteiger partial charge in [-0.15, -0.1) is 0 Å². The minimum atomic E-state index is 0.453. The molecule has 0 amide bonds. The summed E-state index contributed by atoms with van der Waals surface area (Å²) in [7, 11) is 2.04. The summed E-state index contributed by atoms with van der Waals surface area (Å²) in [6.07, 6.45) is 7.91. The van der Waals surface area contributed by atoms with E-state index in [0.29, 0.717) is 6.04 Å². The van der Waals surface area contributed by atoms with Crippen LogP contribution >= 0.6 is 0 Å². The van der Waals surface area contributed by atoms with Crippen molar-refractivity contribution in [1.82, 2.24) is 5.32 Å². The molecule has 2 nitrogen and oxygen atoms in total. The van der Waals surface area contributed by atoms with E-state index < -0.39 is 0 Å². The smallest absolute Gasteiger partial charge is 0.105 e. The second-order valence-corrected chi connectivity index (χ2v) is 4.91. The van der Waals surface area contributed by atoms with Crippen LogP contribution in [0.25, 0.3) is 0 Å². The van der Waals surface area contributed by atoms with Crippen LogP contribution in [-0.2, 0) is 0 Å². The molecule has 0 saturated carbocycles. The van der Waals surface area contributed by atoms with Crippen LogP contribution in [-0.4, -0.2) is 7.05 Å². The third-order valence-corrected chi connectivity index (χ3v) is 3.40. The first-order chi connectivity index (χ1) is 8.19. The summed E-state index contributed by atoms with van der Waals surface area (Å²) in [6.45, 7) is 6.34. The molecule has 1 aromatic heterocycles. The standard InChI is InChI=1S/C15H27NO/c1-5-6-7-8-9-10-15(16-4)14-11-12(2)17-13(14)3/h11,15-16H,5-10H2,1-4H3. The van der Waals surface area contributed by atoms with Gasteiger partial charge in [-0.25, -0.2) is 0 Å². The summed E-state index contributed by atoms with van der Waals surface area (Å²) in [4.78, 5) is 0. The third kappa shape index (κ3) is 4.55. The lowest BCUT2D eigenvalue weighted by Crippen LogP contribution is -2.16. The van der Waals surface area contributed by atoms with Gasteiger partial charge in [-0.05, 0) is 33.4 Å². The number of unbranched alkanes of at least 4 members (excludes halogenated alkanes) is 4. The van der Waals surface area contributed by atoms with Crippen molar-refractivity contribution in [3.05, 3.63) is 23.2 Å². The van der Waals surface area contributed by atoms with Gasteiger partial charge >= 0.3 is 0 Å². The van der Waals surface area contributed by atoms with Crippen LogP contribution in [0.3, 0.4) is 0 Å². The molecular weight excluding hydrogens is 210 g/mol. The maximum atomic E-state index is 5.60. The van der Waals surface area contributed by atoms with Gasteiger partial charge in [-0.2, -0.15) is 0 Å². The van der Waals surface area contributed by atoms with Gasteiger partial charge in [0.2, 0.25) is 0 Å². The molecular formula is C15H27NO. The van der Waals surface area contributed by atoms with Crippen LogP contribution in [0, 0.1) is 13.8 Å². The van der Waals surface area contributed by atoms with Gasteiger partial charge in [-0.3, -0.25) is 0 Å². The first-order valence-electron chi connectivity index (χ1n) is 6.93. The largest absolute Gasteiger partial charge is 0.466 e. The predicted octanol–water partition coefficient (Wildman–Crippen LogP) is 4.52. The summed E-state index contributed by atoms with van der Waals surface area (Å²) < 4.78 is 5.60. The molecule has 1 atom stereocenters. The van der Waals surface area contributed by atoms with E-state index in [1.54, 1.807) is 0 Å². The fourth-order valence-electron chi connectivity index (χ4n) is 2.40. The van der Waals surface area contributed by atoms with Crippen molar-refractivity contribution >= 4 is 0 Å². The average Bonchev–Trinajstić information content (AvgIpc) is 2.63. The third-order valence-electron chi connectivity index (χ3n) is 3.40. The minimum Gasteiger partial charge on any atom is -0.466 e. The Bertz CT molecular complexity index is 317. The van der Waals surface area contributed by atoms with Gasteiger partial charge in [-0.1, -0.05) is 39.0 Å². The van der Waals surface area contributed by atoms with Crippen LogP contribution in [0.2, 0.25) is 0 Å². The molecule has 0 aliphatic rings. The fourth-order valence-corrected chi connectivity index (χ4v) is 2.40. The summed E-state index contributed by atoms with van der Waals surface area (Å²) >= 11 is 0. The Balaban J connectivity index is 2.40. The van der Waals surface area contributed by atoms with Crippen molar-refractivity contribution in [2.75, 3.05) is 7.05 Å². The van der Waals surface area contributed by atoms with Crippen molar-refractivity contribution in [3.63, 3.8) is 0 Å². The van der Waals surface area contributed by atoms with E-state index in [0.717, 1.165) is 11.5 Å². The van der Waals surface area contributed by atoms with E-state index >= 15 is 0 Å². The number of aryl methyl sites for hydroxylation is 2. The number of furan rings is 1. The van der Waals surface area contributed by atoms with Crippen LogP contribution in [0.5, 0.6) is 0 Å². The van der Waals surface area contributed by atoms with Gasteiger partial charge in [0, 0.05) is 11.6 Å². The number of hydrogen-bond donors (Lipinski definition) is 1. The molecule has 0 bridgehead atoms. The molecule has 1 N–H and O–H groups in total. The SMILES string of the molecule is CCCCCCCC(NC)c1cc(C)oc1C. The normalized spacial score (nSPS) is 12.9. The number of nitrogens with one attached hydrogen (secondary N) is 1. The van der Waals surface area contributed by atoms with Gasteiger partial charge in [0.1, 0.15) is 11.5 Å². The monoisotopic (exact) mass is 237 g/mol. The molecule has 1 rings (SSSR count). The molecule has 17 heavy (non-hydrogen) atoms. The van der Waals surface area contributed by atoms with E-state index in [1.165, 1.54) is 44.1 Å². The zero-order valence-electron chi connectivity index (χ0n) is 11.8. The molecule has 0 fully saturated rings. The highest BCUT2D eigenvalue weighted by molar-refractivity contribution is 5.23. The van der Waals surface area contributed by atoms with Crippen molar-refractivity contribution < 1.29 is 4.42 Å². The van der Waals surface area contributed by atoms with Crippen LogP contribution < -0.4 is 5.32 Å². The lowest BCUT2D eigenvalue weighted by Gasteiger charge is -2.15. The van der Waals surface area contributed by atoms with E-state index in [4.69, 9.17) is 4.42 Å². The van der Waals surface area contributed by atoms with Crippen LogP contribution in [0.1, 0.15) is 68.6 Å². The second kappa shape index (κ2) is 7.54. The Morgan fingerprint density at radius 1 is 1.18 bits per heavy atom.